The van der Waals surface area contributed by atoms with E-state index in [2.05, 4.69) is 25.8 Å². The maximum atomic E-state index is 13.5. The molecule has 0 radical (unpaired) electrons. The van der Waals surface area contributed by atoms with Crippen LogP contribution in [0, 0.1) is 0 Å². The van der Waals surface area contributed by atoms with E-state index in [0.29, 0.717) is 44.7 Å². The second kappa shape index (κ2) is 14.2. The summed E-state index contributed by atoms with van der Waals surface area (Å²) in [6.07, 6.45) is 6.29. The number of carbonyl (C=O) groups excluding carboxylic acids is 2. The van der Waals surface area contributed by atoms with Gasteiger partial charge >= 0.3 is 6.61 Å². The van der Waals surface area contributed by atoms with Crippen molar-refractivity contribution in [2.75, 3.05) is 25.0 Å². The number of anilines is 1. The average molecular weight is 665 g/mol. The molecular weight excluding hydrogens is 628 g/mol. The Bertz CT molecular complexity index is 1580. The number of halogens is 4. The second-order valence-corrected chi connectivity index (χ2v) is 13.2. The van der Waals surface area contributed by atoms with Gasteiger partial charge in [0.1, 0.15) is 23.6 Å². The summed E-state index contributed by atoms with van der Waals surface area (Å²) in [5, 5.41) is 14.7. The Morgan fingerprint density at radius 3 is 2.63 bits per heavy atom. The third kappa shape index (κ3) is 8.46. The molecule has 11 nitrogen and oxygen atoms in total. The van der Waals surface area contributed by atoms with Gasteiger partial charge in [0, 0.05) is 67.1 Å². The van der Waals surface area contributed by atoms with Crippen LogP contribution in [0.3, 0.4) is 0 Å². The molecule has 2 aliphatic rings. The summed E-state index contributed by atoms with van der Waals surface area (Å²) in [6, 6.07) is 4.63. The Balaban J connectivity index is 1.42. The van der Waals surface area contributed by atoms with Crippen LogP contribution in [0.1, 0.15) is 50.4 Å². The lowest BCUT2D eigenvalue weighted by atomic mass is 10.0. The Morgan fingerprint density at radius 2 is 1.93 bits per heavy atom. The van der Waals surface area contributed by atoms with Crippen LogP contribution in [0.4, 0.5) is 29.1 Å². The van der Waals surface area contributed by atoms with Crippen LogP contribution >= 0.6 is 11.8 Å². The first kappa shape index (κ1) is 33.4. The van der Waals surface area contributed by atoms with Gasteiger partial charge in [-0.1, -0.05) is 13.8 Å². The number of benzene rings is 1. The molecule has 1 fully saturated rings. The average Bonchev–Trinajstić information content (AvgIpc) is 3.60. The van der Waals surface area contributed by atoms with Gasteiger partial charge in [-0.15, -0.1) is 11.8 Å². The minimum absolute atomic E-state index is 0.129. The van der Waals surface area contributed by atoms with Gasteiger partial charge < -0.3 is 20.3 Å². The van der Waals surface area contributed by atoms with Gasteiger partial charge in [0.2, 0.25) is 5.91 Å². The van der Waals surface area contributed by atoms with Gasteiger partial charge in [0.05, 0.1) is 18.4 Å². The van der Waals surface area contributed by atoms with E-state index in [9.17, 15) is 27.2 Å². The highest BCUT2D eigenvalue weighted by Gasteiger charge is 2.28. The number of alkyl halides is 4. The summed E-state index contributed by atoms with van der Waals surface area (Å²) >= 11 is 1.51. The van der Waals surface area contributed by atoms with Crippen LogP contribution in [-0.2, 0) is 17.9 Å². The van der Waals surface area contributed by atoms with E-state index >= 15 is 0 Å². The zero-order chi connectivity index (χ0) is 33.0. The number of carbonyl (C=O) groups is 2. The fraction of sp³-hybridized carbons (Fsp3) is 0.500. The first-order valence-corrected chi connectivity index (χ1v) is 15.9. The van der Waals surface area contributed by atoms with E-state index in [1.54, 1.807) is 27.9 Å². The molecule has 1 aromatic carbocycles. The molecule has 2 amide bonds. The molecule has 2 aromatic heterocycles. The van der Waals surface area contributed by atoms with Crippen LogP contribution in [0.15, 0.2) is 40.5 Å². The zero-order valence-corrected chi connectivity index (χ0v) is 26.5. The molecular formula is C30H36F4N8O3S. The highest BCUT2D eigenvalue weighted by molar-refractivity contribution is 7.99. The van der Waals surface area contributed by atoms with Crippen molar-refractivity contribution < 1.29 is 31.9 Å². The number of fused-ring (bicyclic) bond motifs is 1. The van der Waals surface area contributed by atoms with Crippen molar-refractivity contribution in [1.29, 1.82) is 0 Å². The van der Waals surface area contributed by atoms with Crippen molar-refractivity contribution in [1.82, 2.24) is 29.8 Å². The van der Waals surface area contributed by atoms with Crippen LogP contribution in [0.5, 0.6) is 5.75 Å². The maximum absolute atomic E-state index is 13.5. The van der Waals surface area contributed by atoms with Crippen LogP contribution in [0.2, 0.25) is 0 Å². The van der Waals surface area contributed by atoms with Gasteiger partial charge in [-0.25, -0.2) is 18.5 Å². The summed E-state index contributed by atoms with van der Waals surface area (Å²) in [5.74, 6) is -3.38. The topological polar surface area (TPSA) is 119 Å². The van der Waals surface area contributed by atoms with Crippen molar-refractivity contribution in [2.45, 2.75) is 81.8 Å². The molecule has 3 aromatic rings. The largest absolute Gasteiger partial charge is 0.434 e. The minimum atomic E-state index is -3.11. The Labute approximate surface area is 267 Å². The Morgan fingerprint density at radius 1 is 1.17 bits per heavy atom. The molecule has 0 spiro atoms. The SMILES string of the molecule is CC(C)Sc1ccc(OC(F)F)c(-c2nn(CC(=O)N3CCC(NCC(C)(F)F)CC3)cc2NC(=O)c2cnn3c2N=CCC3)c1. The summed E-state index contributed by atoms with van der Waals surface area (Å²) < 4.78 is 61.2. The third-order valence-electron chi connectivity index (χ3n) is 7.39. The molecule has 5 rings (SSSR count). The van der Waals surface area contributed by atoms with Crippen LogP contribution < -0.4 is 15.4 Å². The van der Waals surface area contributed by atoms with Crippen molar-refractivity contribution in [3.8, 4) is 17.0 Å². The monoisotopic (exact) mass is 664 g/mol. The molecule has 0 atom stereocenters. The Hall–Kier alpha value is -3.92. The van der Waals surface area contributed by atoms with Gasteiger partial charge in [-0.3, -0.25) is 14.3 Å². The van der Waals surface area contributed by atoms with E-state index in [-0.39, 0.29) is 52.0 Å². The van der Waals surface area contributed by atoms with Gasteiger partial charge in [-0.2, -0.15) is 19.0 Å². The molecule has 1 saturated heterocycles. The smallest absolute Gasteiger partial charge is 0.387 e. The quantitative estimate of drug-likeness (QED) is 0.196. The minimum Gasteiger partial charge on any atom is -0.434 e. The molecule has 248 valence electrons. The number of piperidine rings is 1. The fourth-order valence-electron chi connectivity index (χ4n) is 5.29. The van der Waals surface area contributed by atoms with Crippen LogP contribution in [0.25, 0.3) is 11.3 Å². The lowest BCUT2D eigenvalue weighted by Gasteiger charge is -2.33. The predicted molar refractivity (Wildman–Crippen MR) is 166 cm³/mol. The molecule has 2 aliphatic heterocycles. The first-order chi connectivity index (χ1) is 21.9. The van der Waals surface area contributed by atoms with Gasteiger partial charge in [0.25, 0.3) is 11.8 Å². The number of aromatic nitrogens is 4. The normalized spacial score (nSPS) is 15.5. The molecule has 4 heterocycles. The van der Waals surface area contributed by atoms with E-state index in [1.165, 1.54) is 34.9 Å². The number of rotatable bonds is 12. The summed E-state index contributed by atoms with van der Waals surface area (Å²) in [6.45, 7) is 2.42. The number of ether oxygens (including phenoxy) is 1. The first-order valence-electron chi connectivity index (χ1n) is 15.0. The second-order valence-electron chi connectivity index (χ2n) is 11.6. The Kier molecular flexibility index (Phi) is 10.4. The summed E-state index contributed by atoms with van der Waals surface area (Å²) in [4.78, 5) is 33.5. The number of nitrogens with zero attached hydrogens (tertiary/aromatic N) is 6. The molecule has 0 aliphatic carbocycles. The van der Waals surface area contributed by atoms with E-state index < -0.39 is 25.0 Å². The van der Waals surface area contributed by atoms with Crippen LogP contribution in [-0.4, -0.2) is 85.9 Å². The number of thioether (sulfide) groups is 1. The maximum Gasteiger partial charge on any atom is 0.387 e. The number of aliphatic imine (C=N–C) groups is 1. The van der Waals surface area contributed by atoms with E-state index in [0.717, 1.165) is 11.8 Å². The number of aryl methyl sites for hydroxylation is 1. The predicted octanol–water partition coefficient (Wildman–Crippen LogP) is 5.44. The highest BCUT2D eigenvalue weighted by Crippen LogP contribution is 2.39. The molecule has 16 heteroatoms. The number of amides is 2. The van der Waals surface area contributed by atoms with Gasteiger partial charge in [0.15, 0.2) is 5.82 Å². The molecule has 0 bridgehead atoms. The van der Waals surface area contributed by atoms with Gasteiger partial charge in [-0.05, 0) is 31.0 Å². The molecule has 0 unspecified atom stereocenters. The number of hydrogen-bond donors (Lipinski definition) is 2. The number of nitrogens with one attached hydrogen (secondary N) is 2. The van der Waals surface area contributed by atoms with E-state index in [1.807, 2.05) is 13.8 Å². The van der Waals surface area contributed by atoms with Crippen molar-refractivity contribution in [3.63, 3.8) is 0 Å². The fourth-order valence-corrected chi connectivity index (χ4v) is 6.16. The highest BCUT2D eigenvalue weighted by atomic mass is 32.2. The standard InChI is InChI=1S/C30H36F4N8O3S/c1-18(2)46-20-5-6-24(45-29(31)32)21(13-20)26-23(38-28(44)22-14-37-42-10-4-9-35-27(22)42)15-41(39-26)16-25(43)40-11-7-19(8-12-40)36-17-30(3,33)34/h5-6,9,13-15,18-19,29,36H,4,7-8,10-12,16-17H2,1-3H3,(H,38,44). The molecule has 46 heavy (non-hydrogen) atoms. The lowest BCUT2D eigenvalue weighted by Crippen LogP contribution is -2.47. The van der Waals surface area contributed by atoms with Crippen molar-refractivity contribution in [3.05, 3.63) is 36.2 Å². The van der Waals surface area contributed by atoms with Crippen molar-refractivity contribution in [2.24, 2.45) is 4.99 Å². The number of likely N-dealkylation sites (tertiary alicyclic amines) is 1. The number of hydrogen-bond acceptors (Lipinski definition) is 8. The van der Waals surface area contributed by atoms with Crippen molar-refractivity contribution >= 4 is 41.3 Å². The van der Waals surface area contributed by atoms with E-state index in [4.69, 9.17) is 4.74 Å². The molecule has 2 N–H and O–H groups in total. The summed E-state index contributed by atoms with van der Waals surface area (Å²) in [5.41, 5.74) is 0.737. The third-order valence-corrected chi connectivity index (χ3v) is 8.39. The summed E-state index contributed by atoms with van der Waals surface area (Å²) in [7, 11) is 0. The molecule has 0 saturated carbocycles. The lowest BCUT2D eigenvalue weighted by molar-refractivity contribution is -0.133. The zero-order valence-electron chi connectivity index (χ0n) is 25.7.